The Morgan fingerprint density at radius 3 is 2.47 bits per heavy atom. The summed E-state index contributed by atoms with van der Waals surface area (Å²) in [6.45, 7) is -0.485. The smallest absolute Gasteiger partial charge is 0.323 e. The van der Waals surface area contributed by atoms with Crippen LogP contribution in [0.3, 0.4) is 0 Å². The first kappa shape index (κ1) is 13.1. The molecule has 6 nitrogen and oxygen atoms in total. The molecule has 0 saturated carbocycles. The number of anilines is 1. The van der Waals surface area contributed by atoms with Crippen LogP contribution in [0.4, 0.5) is 5.69 Å². The fourth-order valence-corrected chi connectivity index (χ4v) is 1.62. The summed E-state index contributed by atoms with van der Waals surface area (Å²) in [7, 11) is 0. The average Bonchev–Trinajstić information content (AvgIpc) is 2.90. The van der Waals surface area contributed by atoms with Crippen molar-refractivity contribution in [2.75, 3.05) is 11.4 Å². The summed E-state index contributed by atoms with van der Waals surface area (Å²) < 4.78 is 4.74. The standard InChI is InChI=1S/C12H9ClN2O4/c13-8-1-3-9(4-2-8)15(7-11(16)17)12(18)10-5-6-14-19-10/h1-6H,7H2,(H,16,17). The highest BCUT2D eigenvalue weighted by atomic mass is 35.5. The van der Waals surface area contributed by atoms with Crippen LogP contribution in [-0.4, -0.2) is 28.7 Å². The molecule has 0 unspecified atom stereocenters. The van der Waals surface area contributed by atoms with Crippen molar-refractivity contribution < 1.29 is 19.2 Å². The second-order valence-electron chi connectivity index (χ2n) is 3.64. The molecule has 1 aromatic heterocycles. The molecular formula is C12H9ClN2O4. The van der Waals surface area contributed by atoms with Gasteiger partial charge in [0.15, 0.2) is 0 Å². The molecule has 0 aliphatic carbocycles. The van der Waals surface area contributed by atoms with Crippen molar-refractivity contribution in [3.63, 3.8) is 0 Å². The Balaban J connectivity index is 2.33. The predicted octanol–water partition coefficient (Wildman–Crippen LogP) is 2.06. The van der Waals surface area contributed by atoms with E-state index in [9.17, 15) is 9.59 Å². The third-order valence-electron chi connectivity index (χ3n) is 2.33. The van der Waals surface area contributed by atoms with E-state index >= 15 is 0 Å². The van der Waals surface area contributed by atoms with E-state index in [2.05, 4.69) is 5.16 Å². The van der Waals surface area contributed by atoms with Gasteiger partial charge < -0.3 is 9.63 Å². The molecule has 1 aromatic carbocycles. The molecule has 0 radical (unpaired) electrons. The van der Waals surface area contributed by atoms with Gasteiger partial charge in [-0.15, -0.1) is 0 Å². The van der Waals surface area contributed by atoms with Crippen LogP contribution in [0, 0.1) is 0 Å². The lowest BCUT2D eigenvalue weighted by molar-refractivity contribution is -0.135. The summed E-state index contributed by atoms with van der Waals surface area (Å²) >= 11 is 5.75. The summed E-state index contributed by atoms with van der Waals surface area (Å²) in [4.78, 5) is 24.0. The lowest BCUT2D eigenvalue weighted by atomic mass is 10.2. The lowest BCUT2D eigenvalue weighted by Crippen LogP contribution is -2.35. The van der Waals surface area contributed by atoms with Gasteiger partial charge >= 0.3 is 5.97 Å². The van der Waals surface area contributed by atoms with E-state index in [0.717, 1.165) is 4.90 Å². The number of rotatable bonds is 4. The minimum atomic E-state index is -1.14. The second kappa shape index (κ2) is 5.53. The van der Waals surface area contributed by atoms with E-state index in [-0.39, 0.29) is 5.76 Å². The maximum Gasteiger partial charge on any atom is 0.323 e. The van der Waals surface area contributed by atoms with Crippen molar-refractivity contribution >= 4 is 29.2 Å². The highest BCUT2D eigenvalue weighted by molar-refractivity contribution is 6.30. The third-order valence-corrected chi connectivity index (χ3v) is 2.58. The van der Waals surface area contributed by atoms with Crippen LogP contribution in [0.1, 0.15) is 10.6 Å². The number of carboxylic acid groups (broad SMARTS) is 1. The molecular weight excluding hydrogens is 272 g/mol. The fraction of sp³-hybridized carbons (Fsp3) is 0.0833. The molecule has 1 N–H and O–H groups in total. The Kier molecular flexibility index (Phi) is 3.82. The van der Waals surface area contributed by atoms with Crippen molar-refractivity contribution in [1.29, 1.82) is 0 Å². The largest absolute Gasteiger partial charge is 0.480 e. The van der Waals surface area contributed by atoms with Gasteiger partial charge in [-0.1, -0.05) is 16.8 Å². The van der Waals surface area contributed by atoms with Gasteiger partial charge in [-0.05, 0) is 24.3 Å². The molecule has 0 atom stereocenters. The third kappa shape index (κ3) is 3.11. The first-order chi connectivity index (χ1) is 9.08. The number of hydrogen-bond acceptors (Lipinski definition) is 4. The maximum atomic E-state index is 12.1. The zero-order chi connectivity index (χ0) is 13.8. The van der Waals surface area contributed by atoms with Crippen molar-refractivity contribution in [3.05, 3.63) is 47.3 Å². The van der Waals surface area contributed by atoms with Gasteiger partial charge in [0.2, 0.25) is 5.76 Å². The second-order valence-corrected chi connectivity index (χ2v) is 4.07. The first-order valence-corrected chi connectivity index (χ1v) is 5.65. The number of halogens is 1. The molecule has 0 saturated heterocycles. The molecule has 1 amide bonds. The highest BCUT2D eigenvalue weighted by Crippen LogP contribution is 2.20. The van der Waals surface area contributed by atoms with Gasteiger partial charge in [0.05, 0.1) is 6.20 Å². The quantitative estimate of drug-likeness (QED) is 0.927. The predicted molar refractivity (Wildman–Crippen MR) is 67.3 cm³/mol. The van der Waals surface area contributed by atoms with Crippen molar-refractivity contribution in [2.24, 2.45) is 0 Å². The Labute approximate surface area is 113 Å². The monoisotopic (exact) mass is 280 g/mol. The van der Waals surface area contributed by atoms with E-state index in [4.69, 9.17) is 21.2 Å². The average molecular weight is 281 g/mol. The summed E-state index contributed by atoms with van der Waals surface area (Å²) in [5, 5.41) is 12.8. The molecule has 0 bridgehead atoms. The minimum absolute atomic E-state index is 0.0313. The first-order valence-electron chi connectivity index (χ1n) is 5.28. The molecule has 1 heterocycles. The summed E-state index contributed by atoms with van der Waals surface area (Å²) in [5.41, 5.74) is 0.410. The Morgan fingerprint density at radius 2 is 1.95 bits per heavy atom. The zero-order valence-electron chi connectivity index (χ0n) is 9.62. The number of carbonyl (C=O) groups is 2. The van der Waals surface area contributed by atoms with E-state index in [1.54, 1.807) is 24.3 Å². The number of amides is 1. The van der Waals surface area contributed by atoms with E-state index < -0.39 is 18.4 Å². The number of carboxylic acids is 1. The van der Waals surface area contributed by atoms with Gasteiger partial charge in [0, 0.05) is 16.8 Å². The van der Waals surface area contributed by atoms with Gasteiger partial charge in [0.1, 0.15) is 6.54 Å². The molecule has 0 aliphatic rings. The molecule has 0 fully saturated rings. The number of benzene rings is 1. The zero-order valence-corrected chi connectivity index (χ0v) is 10.4. The highest BCUT2D eigenvalue weighted by Gasteiger charge is 2.23. The molecule has 0 spiro atoms. The topological polar surface area (TPSA) is 83.6 Å². The van der Waals surface area contributed by atoms with E-state index in [0.29, 0.717) is 10.7 Å². The lowest BCUT2D eigenvalue weighted by Gasteiger charge is -2.19. The van der Waals surface area contributed by atoms with Gasteiger partial charge in [0.25, 0.3) is 5.91 Å². The molecule has 2 aromatic rings. The van der Waals surface area contributed by atoms with Crippen LogP contribution in [0.25, 0.3) is 0 Å². The number of aromatic nitrogens is 1. The van der Waals surface area contributed by atoms with Crippen LogP contribution in [0.2, 0.25) is 5.02 Å². The SMILES string of the molecule is O=C(O)CN(C(=O)c1ccno1)c1ccc(Cl)cc1. The van der Waals surface area contributed by atoms with Crippen LogP contribution >= 0.6 is 11.6 Å². The molecule has 7 heteroatoms. The molecule has 0 aliphatic heterocycles. The minimum Gasteiger partial charge on any atom is -0.480 e. The van der Waals surface area contributed by atoms with Crippen LogP contribution in [0.5, 0.6) is 0 Å². The summed E-state index contributed by atoms with van der Waals surface area (Å²) in [6.07, 6.45) is 1.31. The van der Waals surface area contributed by atoms with Crippen molar-refractivity contribution in [1.82, 2.24) is 5.16 Å². The fourth-order valence-electron chi connectivity index (χ4n) is 1.50. The van der Waals surface area contributed by atoms with E-state index in [1.807, 2.05) is 0 Å². The van der Waals surface area contributed by atoms with Crippen molar-refractivity contribution in [2.45, 2.75) is 0 Å². The number of carbonyl (C=O) groups excluding carboxylic acids is 1. The normalized spacial score (nSPS) is 10.2. The Morgan fingerprint density at radius 1 is 1.26 bits per heavy atom. The molecule has 2 rings (SSSR count). The van der Waals surface area contributed by atoms with Crippen LogP contribution in [-0.2, 0) is 4.79 Å². The Hall–Kier alpha value is -2.34. The van der Waals surface area contributed by atoms with Gasteiger partial charge in [-0.2, -0.15) is 0 Å². The van der Waals surface area contributed by atoms with Gasteiger partial charge in [-0.3, -0.25) is 14.5 Å². The number of nitrogens with zero attached hydrogens (tertiary/aromatic N) is 2. The van der Waals surface area contributed by atoms with Crippen LogP contribution in [0.15, 0.2) is 41.1 Å². The summed E-state index contributed by atoms with van der Waals surface area (Å²) in [6, 6.07) is 7.62. The Bertz CT molecular complexity index is 580. The van der Waals surface area contributed by atoms with Gasteiger partial charge in [-0.25, -0.2) is 0 Å². The van der Waals surface area contributed by atoms with Crippen LogP contribution < -0.4 is 4.90 Å². The molecule has 19 heavy (non-hydrogen) atoms. The molecule has 98 valence electrons. The van der Waals surface area contributed by atoms with Crippen molar-refractivity contribution in [3.8, 4) is 0 Å². The number of aliphatic carboxylic acids is 1. The summed E-state index contributed by atoms with van der Waals surface area (Å²) in [5.74, 6) is -1.75. The number of hydrogen-bond donors (Lipinski definition) is 1. The maximum absolute atomic E-state index is 12.1. The van der Waals surface area contributed by atoms with E-state index in [1.165, 1.54) is 12.3 Å².